The Bertz CT molecular complexity index is 916. The summed E-state index contributed by atoms with van der Waals surface area (Å²) >= 11 is 0. The summed E-state index contributed by atoms with van der Waals surface area (Å²) in [6.45, 7) is 9.48. The smallest absolute Gasteiger partial charge is 0.419 e. The van der Waals surface area contributed by atoms with Gasteiger partial charge in [0.25, 0.3) is 0 Å². The minimum Gasteiger partial charge on any atom is -0.447 e. The van der Waals surface area contributed by atoms with Crippen LogP contribution in [0, 0.1) is 11.8 Å². The van der Waals surface area contributed by atoms with E-state index in [-0.39, 0.29) is 18.2 Å². The zero-order valence-electron chi connectivity index (χ0n) is 18.1. The van der Waals surface area contributed by atoms with E-state index in [0.717, 1.165) is 31.0 Å². The van der Waals surface area contributed by atoms with Crippen LogP contribution in [-0.4, -0.2) is 45.0 Å². The maximum atomic E-state index is 12.7. The normalized spacial score (nSPS) is 19.8. The van der Waals surface area contributed by atoms with Gasteiger partial charge in [-0.1, -0.05) is 0 Å². The molecule has 2 aromatic heterocycles. The molecule has 10 heteroatoms. The summed E-state index contributed by atoms with van der Waals surface area (Å²) in [5.41, 5.74) is 5.04. The number of carbonyl (C=O) groups excluding carboxylic acids is 1. The lowest BCUT2D eigenvalue weighted by molar-refractivity contribution is -0.137. The van der Waals surface area contributed by atoms with Crippen LogP contribution in [0.25, 0.3) is 11.3 Å². The number of fused-ring (bicyclic) bond motifs is 1. The molecule has 170 valence electrons. The first-order valence-electron chi connectivity index (χ1n) is 10.3. The summed E-state index contributed by atoms with van der Waals surface area (Å²) in [7, 11) is 0. The molecule has 0 bridgehead atoms. The van der Waals surface area contributed by atoms with E-state index >= 15 is 0 Å². The van der Waals surface area contributed by atoms with E-state index < -0.39 is 17.6 Å². The number of amides is 1. The van der Waals surface area contributed by atoms with Crippen molar-refractivity contribution >= 4 is 11.9 Å². The number of pyridine rings is 1. The number of ether oxygens (including phenoxy) is 1. The number of alkyl halides is 3. The highest BCUT2D eigenvalue weighted by Gasteiger charge is 2.47. The molecule has 1 aliphatic carbocycles. The molecule has 1 aliphatic heterocycles. The molecular weight excluding hydrogens is 411 g/mol. The molecule has 2 atom stereocenters. The molecule has 0 radical (unpaired) electrons. The summed E-state index contributed by atoms with van der Waals surface area (Å²) in [6, 6.07) is 2.75. The van der Waals surface area contributed by atoms with E-state index in [1.807, 2.05) is 32.6 Å². The maximum absolute atomic E-state index is 12.7. The van der Waals surface area contributed by atoms with Crippen LogP contribution >= 0.6 is 0 Å². The van der Waals surface area contributed by atoms with Crippen molar-refractivity contribution in [2.24, 2.45) is 11.8 Å². The second kappa shape index (κ2) is 8.76. The summed E-state index contributed by atoms with van der Waals surface area (Å²) in [5.74, 6) is 1.06. The Labute approximate surface area is 179 Å². The largest absolute Gasteiger partial charge is 0.447 e. The Morgan fingerprint density at radius 3 is 2.39 bits per heavy atom. The predicted molar refractivity (Wildman–Crippen MR) is 110 cm³/mol. The molecular formula is C21H28F3N5O2. The molecule has 2 unspecified atom stereocenters. The average Bonchev–Trinajstić information content (AvgIpc) is 3.07. The number of likely N-dealkylation sites (tertiary alicyclic amines) is 1. The standard InChI is InChI=1S/C12H13F3N4.C9H15NO2/c1-7(2)19-4-3-10(18-19)8-5-9(12(13,14)15)11(16)17-6-8;1-6(2)12-9(11)10-4-7-3-8(7)5-10/h3-7H,1-2H3,(H2,16,17);6-8H,3-5H2,1-2H3. The molecule has 2 fully saturated rings. The van der Waals surface area contributed by atoms with Gasteiger partial charge in [0.15, 0.2) is 0 Å². The van der Waals surface area contributed by atoms with Gasteiger partial charge in [0.2, 0.25) is 0 Å². The van der Waals surface area contributed by atoms with Crippen LogP contribution in [0.5, 0.6) is 0 Å². The van der Waals surface area contributed by atoms with Crippen molar-refractivity contribution in [1.29, 1.82) is 0 Å². The third kappa shape index (κ3) is 5.68. The van der Waals surface area contributed by atoms with Crippen LogP contribution in [0.15, 0.2) is 24.5 Å². The fourth-order valence-corrected chi connectivity index (χ4v) is 3.45. The molecule has 2 aromatic rings. The first kappa shape index (κ1) is 22.9. The summed E-state index contributed by atoms with van der Waals surface area (Å²) in [6.07, 6.45) is -0.313. The number of aromatic nitrogens is 3. The lowest BCUT2D eigenvalue weighted by Gasteiger charge is -2.18. The Hall–Kier alpha value is -2.78. The fraction of sp³-hybridized carbons (Fsp3) is 0.571. The molecule has 1 amide bonds. The van der Waals surface area contributed by atoms with Gasteiger partial charge in [-0.15, -0.1) is 0 Å². The summed E-state index contributed by atoms with van der Waals surface area (Å²) < 4.78 is 45.0. The van der Waals surface area contributed by atoms with E-state index in [0.29, 0.717) is 11.3 Å². The first-order valence-corrected chi connectivity index (χ1v) is 10.3. The quantitative estimate of drug-likeness (QED) is 0.755. The Morgan fingerprint density at radius 2 is 1.87 bits per heavy atom. The number of piperidine rings is 1. The van der Waals surface area contributed by atoms with Gasteiger partial charge in [-0.25, -0.2) is 9.78 Å². The number of nitrogens with two attached hydrogens (primary N) is 1. The van der Waals surface area contributed by atoms with Crippen LogP contribution in [0.2, 0.25) is 0 Å². The fourth-order valence-electron chi connectivity index (χ4n) is 3.45. The van der Waals surface area contributed by atoms with Gasteiger partial charge in [-0.3, -0.25) is 4.68 Å². The number of hydrogen-bond donors (Lipinski definition) is 1. The highest BCUT2D eigenvalue weighted by molar-refractivity contribution is 5.68. The molecule has 1 saturated carbocycles. The maximum Gasteiger partial charge on any atom is 0.419 e. The molecule has 4 rings (SSSR count). The van der Waals surface area contributed by atoms with Crippen molar-refractivity contribution in [1.82, 2.24) is 19.7 Å². The van der Waals surface area contributed by atoms with Crippen LogP contribution < -0.4 is 5.73 Å². The Balaban J connectivity index is 0.000000194. The lowest BCUT2D eigenvalue weighted by Crippen LogP contribution is -2.32. The van der Waals surface area contributed by atoms with E-state index in [1.54, 1.807) is 16.9 Å². The molecule has 0 spiro atoms. The van der Waals surface area contributed by atoms with Gasteiger partial charge in [0.1, 0.15) is 5.82 Å². The number of nitrogens with zero attached hydrogens (tertiary/aromatic N) is 4. The number of nitrogen functional groups attached to an aromatic ring is 1. The highest BCUT2D eigenvalue weighted by Crippen LogP contribution is 2.45. The Kier molecular flexibility index (Phi) is 6.47. The van der Waals surface area contributed by atoms with Crippen molar-refractivity contribution in [3.63, 3.8) is 0 Å². The Morgan fingerprint density at radius 1 is 1.23 bits per heavy atom. The molecule has 0 aromatic carbocycles. The minimum absolute atomic E-state index is 0.00873. The van der Waals surface area contributed by atoms with Gasteiger partial charge in [0.05, 0.1) is 17.4 Å². The number of halogens is 3. The molecule has 2 N–H and O–H groups in total. The van der Waals surface area contributed by atoms with Gasteiger partial charge in [0, 0.05) is 37.1 Å². The molecule has 2 aliphatic rings. The topological polar surface area (TPSA) is 86.3 Å². The number of rotatable bonds is 3. The van der Waals surface area contributed by atoms with Crippen LogP contribution in [-0.2, 0) is 10.9 Å². The van der Waals surface area contributed by atoms with Crippen molar-refractivity contribution in [3.05, 3.63) is 30.1 Å². The third-order valence-corrected chi connectivity index (χ3v) is 5.23. The van der Waals surface area contributed by atoms with Gasteiger partial charge < -0.3 is 15.4 Å². The summed E-state index contributed by atoms with van der Waals surface area (Å²) in [4.78, 5) is 16.7. The van der Waals surface area contributed by atoms with Gasteiger partial charge in [-0.2, -0.15) is 18.3 Å². The molecule has 1 saturated heterocycles. The number of anilines is 1. The molecule has 7 nitrogen and oxygen atoms in total. The van der Waals surface area contributed by atoms with E-state index in [4.69, 9.17) is 10.5 Å². The van der Waals surface area contributed by atoms with Crippen molar-refractivity contribution < 1.29 is 22.7 Å². The van der Waals surface area contributed by atoms with E-state index in [1.165, 1.54) is 12.6 Å². The van der Waals surface area contributed by atoms with Crippen LogP contribution in [0.3, 0.4) is 0 Å². The van der Waals surface area contributed by atoms with Gasteiger partial charge in [-0.05, 0) is 58.1 Å². The van der Waals surface area contributed by atoms with Crippen molar-refractivity contribution in [2.45, 2.75) is 52.4 Å². The van der Waals surface area contributed by atoms with E-state index in [2.05, 4.69) is 10.1 Å². The average molecular weight is 439 g/mol. The second-order valence-electron chi connectivity index (χ2n) is 8.52. The summed E-state index contributed by atoms with van der Waals surface area (Å²) in [5, 5.41) is 4.20. The SMILES string of the molecule is CC(C)OC(=O)N1CC2CC2C1.CC(C)n1ccc(-c2cnc(N)c(C(F)(F)F)c2)n1. The van der Waals surface area contributed by atoms with Crippen molar-refractivity contribution in [3.8, 4) is 11.3 Å². The highest BCUT2D eigenvalue weighted by atomic mass is 19.4. The zero-order chi connectivity index (χ0) is 22.9. The minimum atomic E-state index is -4.52. The lowest BCUT2D eigenvalue weighted by atomic mass is 10.1. The number of carbonyl (C=O) groups is 1. The van der Waals surface area contributed by atoms with Crippen molar-refractivity contribution in [2.75, 3.05) is 18.8 Å². The van der Waals surface area contributed by atoms with E-state index in [9.17, 15) is 18.0 Å². The number of hydrogen-bond acceptors (Lipinski definition) is 5. The zero-order valence-corrected chi connectivity index (χ0v) is 18.1. The first-order chi connectivity index (χ1) is 14.5. The molecule has 3 heterocycles. The van der Waals surface area contributed by atoms with Crippen LogP contribution in [0.4, 0.5) is 23.8 Å². The van der Waals surface area contributed by atoms with Crippen LogP contribution in [0.1, 0.15) is 45.7 Å². The second-order valence-corrected chi connectivity index (χ2v) is 8.52. The predicted octanol–water partition coefficient (Wildman–Crippen LogP) is 4.61. The van der Waals surface area contributed by atoms with Gasteiger partial charge >= 0.3 is 12.3 Å². The monoisotopic (exact) mass is 439 g/mol. The molecule has 31 heavy (non-hydrogen) atoms. The third-order valence-electron chi connectivity index (χ3n) is 5.23.